The predicted octanol–water partition coefficient (Wildman–Crippen LogP) is 3.13. The van der Waals surface area contributed by atoms with Gasteiger partial charge in [-0.15, -0.1) is 0 Å². The van der Waals surface area contributed by atoms with Crippen LogP contribution in [0.5, 0.6) is 0 Å². The van der Waals surface area contributed by atoms with Gasteiger partial charge < -0.3 is 5.73 Å². The highest BCUT2D eigenvalue weighted by atomic mass is 79.9. The average molecular weight is 274 g/mol. The molecule has 0 spiro atoms. The van der Waals surface area contributed by atoms with Crippen LogP contribution in [0.4, 0.5) is 5.69 Å². The minimum atomic E-state index is 0.662. The van der Waals surface area contributed by atoms with E-state index in [-0.39, 0.29) is 0 Å². The Labute approximate surface area is 100 Å². The van der Waals surface area contributed by atoms with Gasteiger partial charge in [0.05, 0.1) is 22.2 Å². The topological polar surface area (TPSA) is 51.8 Å². The Hall–Kier alpha value is -1.68. The maximum absolute atomic E-state index is 5.87. The van der Waals surface area contributed by atoms with E-state index in [1.165, 1.54) is 0 Å². The van der Waals surface area contributed by atoms with E-state index in [0.717, 1.165) is 26.5 Å². The van der Waals surface area contributed by atoms with Crippen LogP contribution in [-0.2, 0) is 0 Å². The fourth-order valence-electron chi connectivity index (χ4n) is 1.69. The molecule has 16 heavy (non-hydrogen) atoms. The van der Waals surface area contributed by atoms with E-state index >= 15 is 0 Å². The minimum Gasteiger partial charge on any atom is -0.397 e. The normalized spacial score (nSPS) is 11.1. The van der Waals surface area contributed by atoms with Crippen molar-refractivity contribution in [3.05, 3.63) is 40.9 Å². The van der Waals surface area contributed by atoms with Crippen LogP contribution in [0.25, 0.3) is 22.1 Å². The molecule has 0 radical (unpaired) electrons. The lowest BCUT2D eigenvalue weighted by Gasteiger charge is -2.03. The Morgan fingerprint density at radius 2 is 1.81 bits per heavy atom. The van der Waals surface area contributed by atoms with E-state index in [1.807, 2.05) is 36.4 Å². The zero-order valence-electron chi connectivity index (χ0n) is 8.31. The van der Waals surface area contributed by atoms with Crippen LogP contribution in [0.2, 0.25) is 0 Å². The summed E-state index contributed by atoms with van der Waals surface area (Å²) in [5.41, 5.74) is 9.84. The fourth-order valence-corrected chi connectivity index (χ4v) is 2.04. The number of fused-ring (bicyclic) bond motifs is 2. The molecule has 0 amide bonds. The molecule has 0 bridgehead atoms. The number of hydrogen-bond acceptors (Lipinski definition) is 3. The molecular weight excluding hydrogens is 266 g/mol. The molecule has 3 aromatic rings. The molecule has 0 saturated heterocycles. The van der Waals surface area contributed by atoms with E-state index < -0.39 is 0 Å². The number of para-hydroxylation sites is 1. The Morgan fingerprint density at radius 3 is 2.69 bits per heavy atom. The van der Waals surface area contributed by atoms with Gasteiger partial charge in [0, 0.05) is 4.47 Å². The number of halogens is 1. The van der Waals surface area contributed by atoms with Crippen LogP contribution < -0.4 is 5.73 Å². The number of hydrogen-bond donors (Lipinski definition) is 1. The van der Waals surface area contributed by atoms with Gasteiger partial charge in [0.25, 0.3) is 0 Å². The Bertz CT molecular complexity index is 693. The van der Waals surface area contributed by atoms with E-state index in [0.29, 0.717) is 5.69 Å². The van der Waals surface area contributed by atoms with Gasteiger partial charge in [0.1, 0.15) is 5.52 Å². The quantitative estimate of drug-likeness (QED) is 0.506. The standard InChI is InChI=1S/C12H8BrN3/c13-7-4-5-9-11(6-7)15-10-3-1-2-8(14)12(10)16-9/h1-6H,14H2. The van der Waals surface area contributed by atoms with Crippen LogP contribution >= 0.6 is 15.9 Å². The molecule has 3 rings (SSSR count). The van der Waals surface area contributed by atoms with Gasteiger partial charge in [-0.05, 0) is 30.3 Å². The molecular formula is C12H8BrN3. The smallest absolute Gasteiger partial charge is 0.112 e. The zero-order chi connectivity index (χ0) is 11.1. The molecule has 78 valence electrons. The molecule has 0 fully saturated rings. The summed E-state index contributed by atoms with van der Waals surface area (Å²) in [4.78, 5) is 9.04. The summed E-state index contributed by atoms with van der Waals surface area (Å²) in [6.07, 6.45) is 0. The van der Waals surface area contributed by atoms with Gasteiger partial charge in [-0.2, -0.15) is 0 Å². The van der Waals surface area contributed by atoms with Crippen molar-refractivity contribution in [2.75, 3.05) is 5.73 Å². The second-order valence-electron chi connectivity index (χ2n) is 3.57. The van der Waals surface area contributed by atoms with E-state index in [4.69, 9.17) is 5.73 Å². The zero-order valence-corrected chi connectivity index (χ0v) is 9.90. The Morgan fingerprint density at radius 1 is 0.938 bits per heavy atom. The first-order valence-electron chi connectivity index (χ1n) is 4.85. The van der Waals surface area contributed by atoms with Gasteiger partial charge in [-0.3, -0.25) is 0 Å². The molecule has 0 aliphatic heterocycles. The number of rotatable bonds is 0. The van der Waals surface area contributed by atoms with Crippen molar-refractivity contribution in [1.82, 2.24) is 9.97 Å². The highest BCUT2D eigenvalue weighted by Gasteiger charge is 2.03. The fraction of sp³-hybridized carbons (Fsp3) is 0. The van der Waals surface area contributed by atoms with Crippen molar-refractivity contribution < 1.29 is 0 Å². The Balaban J connectivity index is 2.49. The van der Waals surface area contributed by atoms with Gasteiger partial charge in [-0.25, -0.2) is 9.97 Å². The monoisotopic (exact) mass is 273 g/mol. The first kappa shape index (κ1) is 9.54. The van der Waals surface area contributed by atoms with Crippen LogP contribution in [0.1, 0.15) is 0 Å². The number of aromatic nitrogens is 2. The first-order chi connectivity index (χ1) is 7.74. The molecule has 4 heteroatoms. The van der Waals surface area contributed by atoms with Crippen molar-refractivity contribution in [1.29, 1.82) is 0 Å². The van der Waals surface area contributed by atoms with Crippen LogP contribution in [-0.4, -0.2) is 9.97 Å². The molecule has 3 nitrogen and oxygen atoms in total. The second-order valence-corrected chi connectivity index (χ2v) is 4.49. The van der Waals surface area contributed by atoms with Gasteiger partial charge >= 0.3 is 0 Å². The third-order valence-corrected chi connectivity index (χ3v) is 2.95. The molecule has 1 aromatic heterocycles. The minimum absolute atomic E-state index is 0.662. The molecule has 0 unspecified atom stereocenters. The van der Waals surface area contributed by atoms with Gasteiger partial charge in [0.15, 0.2) is 0 Å². The number of nitrogen functional groups attached to an aromatic ring is 1. The summed E-state index contributed by atoms with van der Waals surface area (Å²) in [6, 6.07) is 11.5. The van der Waals surface area contributed by atoms with Crippen molar-refractivity contribution in [3.63, 3.8) is 0 Å². The van der Waals surface area contributed by atoms with Crippen LogP contribution in [0.3, 0.4) is 0 Å². The highest BCUT2D eigenvalue weighted by Crippen LogP contribution is 2.22. The molecule has 1 heterocycles. The lowest BCUT2D eigenvalue weighted by molar-refractivity contribution is 1.39. The average Bonchev–Trinajstić information content (AvgIpc) is 2.27. The molecule has 0 aliphatic rings. The molecule has 2 aromatic carbocycles. The summed E-state index contributed by atoms with van der Waals surface area (Å²) >= 11 is 3.42. The number of anilines is 1. The third kappa shape index (κ3) is 1.42. The largest absolute Gasteiger partial charge is 0.397 e. The summed E-state index contributed by atoms with van der Waals surface area (Å²) in [6.45, 7) is 0. The third-order valence-electron chi connectivity index (χ3n) is 2.46. The molecule has 0 atom stereocenters. The summed E-state index contributed by atoms with van der Waals surface area (Å²) in [7, 11) is 0. The molecule has 0 aliphatic carbocycles. The SMILES string of the molecule is Nc1cccc2nc3cc(Br)ccc3nc12. The predicted molar refractivity (Wildman–Crippen MR) is 69.2 cm³/mol. The van der Waals surface area contributed by atoms with Crippen molar-refractivity contribution in [2.45, 2.75) is 0 Å². The number of nitrogens with zero attached hydrogens (tertiary/aromatic N) is 2. The van der Waals surface area contributed by atoms with Crippen molar-refractivity contribution >= 4 is 43.7 Å². The summed E-state index contributed by atoms with van der Waals surface area (Å²) < 4.78 is 0.998. The van der Waals surface area contributed by atoms with E-state index in [9.17, 15) is 0 Å². The molecule has 2 N–H and O–H groups in total. The van der Waals surface area contributed by atoms with Gasteiger partial charge in [0.2, 0.25) is 0 Å². The number of benzene rings is 2. The van der Waals surface area contributed by atoms with E-state index in [2.05, 4.69) is 25.9 Å². The Kier molecular flexibility index (Phi) is 2.04. The maximum Gasteiger partial charge on any atom is 0.112 e. The van der Waals surface area contributed by atoms with Crippen molar-refractivity contribution in [3.8, 4) is 0 Å². The lowest BCUT2D eigenvalue weighted by atomic mass is 10.2. The highest BCUT2D eigenvalue weighted by molar-refractivity contribution is 9.10. The van der Waals surface area contributed by atoms with Crippen LogP contribution in [0.15, 0.2) is 40.9 Å². The van der Waals surface area contributed by atoms with Crippen molar-refractivity contribution in [2.24, 2.45) is 0 Å². The second kappa shape index (κ2) is 3.42. The maximum atomic E-state index is 5.87. The number of nitrogens with two attached hydrogens (primary N) is 1. The summed E-state index contributed by atoms with van der Waals surface area (Å²) in [5.74, 6) is 0. The summed E-state index contributed by atoms with van der Waals surface area (Å²) in [5, 5.41) is 0. The van der Waals surface area contributed by atoms with E-state index in [1.54, 1.807) is 0 Å². The lowest BCUT2D eigenvalue weighted by Crippen LogP contribution is -1.92. The van der Waals surface area contributed by atoms with Crippen LogP contribution in [0, 0.1) is 0 Å². The molecule has 0 saturated carbocycles. The van der Waals surface area contributed by atoms with Gasteiger partial charge in [-0.1, -0.05) is 22.0 Å². The first-order valence-corrected chi connectivity index (χ1v) is 5.65.